The molecule has 0 aliphatic rings. The number of aromatic amines is 1. The number of benzene rings is 2. The summed E-state index contributed by atoms with van der Waals surface area (Å²) in [6, 6.07) is 18.8. The summed E-state index contributed by atoms with van der Waals surface area (Å²) in [5.41, 5.74) is 5.34. The van der Waals surface area contributed by atoms with Gasteiger partial charge in [-0.25, -0.2) is 5.43 Å². The highest BCUT2D eigenvalue weighted by atomic mass is 16.5. The van der Waals surface area contributed by atoms with Crippen molar-refractivity contribution in [2.24, 2.45) is 5.10 Å². The van der Waals surface area contributed by atoms with Gasteiger partial charge in [-0.2, -0.15) is 10.2 Å². The van der Waals surface area contributed by atoms with Crippen molar-refractivity contribution in [1.82, 2.24) is 15.6 Å². The molecule has 0 bridgehead atoms. The fraction of sp³-hybridized carbons (Fsp3) is 0.105. The van der Waals surface area contributed by atoms with E-state index in [1.807, 2.05) is 61.5 Å². The van der Waals surface area contributed by atoms with Crippen LogP contribution in [0.25, 0.3) is 11.3 Å². The number of nitrogens with zero attached hydrogens (tertiary/aromatic N) is 2. The van der Waals surface area contributed by atoms with Crippen molar-refractivity contribution in [2.45, 2.75) is 6.92 Å². The van der Waals surface area contributed by atoms with E-state index in [2.05, 4.69) is 20.7 Å². The highest BCUT2D eigenvalue weighted by Crippen LogP contribution is 2.16. The van der Waals surface area contributed by atoms with Crippen LogP contribution in [0.15, 0.2) is 65.8 Å². The first kappa shape index (κ1) is 16.4. The van der Waals surface area contributed by atoms with Crippen LogP contribution >= 0.6 is 0 Å². The van der Waals surface area contributed by atoms with Gasteiger partial charge in [-0.05, 0) is 42.8 Å². The largest absolute Gasteiger partial charge is 0.494 e. The van der Waals surface area contributed by atoms with E-state index in [1.165, 1.54) is 0 Å². The quantitative estimate of drug-likeness (QED) is 0.536. The fourth-order valence-corrected chi connectivity index (χ4v) is 2.24. The van der Waals surface area contributed by atoms with Gasteiger partial charge >= 0.3 is 0 Å². The number of hydrogen-bond donors (Lipinski definition) is 2. The second-order valence-electron chi connectivity index (χ2n) is 5.23. The van der Waals surface area contributed by atoms with Crippen molar-refractivity contribution >= 4 is 12.1 Å². The van der Waals surface area contributed by atoms with Crippen LogP contribution in [0.4, 0.5) is 0 Å². The molecule has 3 aromatic rings. The first-order valence-corrected chi connectivity index (χ1v) is 7.93. The molecule has 0 atom stereocenters. The van der Waals surface area contributed by atoms with Gasteiger partial charge in [0.1, 0.15) is 11.4 Å². The van der Waals surface area contributed by atoms with Crippen LogP contribution < -0.4 is 10.2 Å². The third-order valence-electron chi connectivity index (χ3n) is 3.46. The van der Waals surface area contributed by atoms with Gasteiger partial charge in [-0.15, -0.1) is 0 Å². The van der Waals surface area contributed by atoms with E-state index in [-0.39, 0.29) is 5.91 Å². The van der Waals surface area contributed by atoms with E-state index in [0.29, 0.717) is 18.0 Å². The van der Waals surface area contributed by atoms with Crippen LogP contribution in [-0.4, -0.2) is 28.9 Å². The highest BCUT2D eigenvalue weighted by Gasteiger charge is 2.09. The number of rotatable bonds is 6. The minimum Gasteiger partial charge on any atom is -0.494 e. The molecule has 0 fully saturated rings. The van der Waals surface area contributed by atoms with E-state index in [9.17, 15) is 4.79 Å². The SMILES string of the molecule is CCOc1ccc(/C=N\NC(=O)c2cc(-c3ccccc3)n[nH]2)cc1. The summed E-state index contributed by atoms with van der Waals surface area (Å²) in [7, 11) is 0. The van der Waals surface area contributed by atoms with Crippen molar-refractivity contribution in [3.8, 4) is 17.0 Å². The molecule has 0 saturated heterocycles. The number of H-pyrrole nitrogens is 1. The lowest BCUT2D eigenvalue weighted by Crippen LogP contribution is -2.17. The van der Waals surface area contributed by atoms with Crippen LogP contribution in [0.5, 0.6) is 5.75 Å². The van der Waals surface area contributed by atoms with Crippen molar-refractivity contribution in [3.63, 3.8) is 0 Å². The smallest absolute Gasteiger partial charge is 0.289 e. The number of hydrogen-bond acceptors (Lipinski definition) is 4. The summed E-state index contributed by atoms with van der Waals surface area (Å²) in [6.45, 7) is 2.56. The van der Waals surface area contributed by atoms with E-state index in [0.717, 1.165) is 16.9 Å². The normalized spacial score (nSPS) is 10.8. The Labute approximate surface area is 145 Å². The lowest BCUT2D eigenvalue weighted by Gasteiger charge is -2.02. The Morgan fingerprint density at radius 3 is 2.68 bits per heavy atom. The monoisotopic (exact) mass is 334 g/mol. The Morgan fingerprint density at radius 1 is 1.20 bits per heavy atom. The van der Waals surface area contributed by atoms with E-state index in [1.54, 1.807) is 12.3 Å². The van der Waals surface area contributed by atoms with Gasteiger partial charge in [-0.1, -0.05) is 30.3 Å². The molecule has 0 saturated carbocycles. The molecule has 1 amide bonds. The second kappa shape index (κ2) is 7.92. The number of amides is 1. The summed E-state index contributed by atoms with van der Waals surface area (Å²) in [6.07, 6.45) is 1.57. The molecular weight excluding hydrogens is 316 g/mol. The van der Waals surface area contributed by atoms with Crippen molar-refractivity contribution in [3.05, 3.63) is 71.9 Å². The summed E-state index contributed by atoms with van der Waals surface area (Å²) in [5, 5.41) is 10.8. The molecule has 1 heterocycles. The minimum absolute atomic E-state index is 0.350. The molecule has 0 aliphatic carbocycles. The Hall–Kier alpha value is -3.41. The van der Waals surface area contributed by atoms with Crippen molar-refractivity contribution in [1.29, 1.82) is 0 Å². The average molecular weight is 334 g/mol. The number of nitrogens with one attached hydrogen (secondary N) is 2. The van der Waals surface area contributed by atoms with Crippen LogP contribution in [0.1, 0.15) is 23.0 Å². The lowest BCUT2D eigenvalue weighted by atomic mass is 10.1. The van der Waals surface area contributed by atoms with Gasteiger partial charge in [0, 0.05) is 5.56 Å². The van der Waals surface area contributed by atoms with Crippen LogP contribution in [0, 0.1) is 0 Å². The van der Waals surface area contributed by atoms with Gasteiger partial charge in [0.2, 0.25) is 0 Å². The van der Waals surface area contributed by atoms with Crippen LogP contribution in [0.2, 0.25) is 0 Å². The third kappa shape index (κ3) is 4.32. The molecule has 0 unspecified atom stereocenters. The van der Waals surface area contributed by atoms with Crippen LogP contribution in [0.3, 0.4) is 0 Å². The van der Waals surface area contributed by atoms with Gasteiger partial charge in [0.25, 0.3) is 5.91 Å². The summed E-state index contributed by atoms with van der Waals surface area (Å²) in [5.74, 6) is 0.450. The molecule has 6 heteroatoms. The molecule has 1 aromatic heterocycles. The zero-order valence-electron chi connectivity index (χ0n) is 13.8. The molecule has 6 nitrogen and oxygen atoms in total. The standard InChI is InChI=1S/C19H18N4O2/c1-2-25-16-10-8-14(9-11-16)13-20-23-19(24)18-12-17(21-22-18)15-6-4-3-5-7-15/h3-13H,2H2,1H3,(H,21,22)(H,23,24)/b20-13-. The molecule has 0 aliphatic heterocycles. The summed E-state index contributed by atoms with van der Waals surface area (Å²) < 4.78 is 5.37. The zero-order chi connectivity index (χ0) is 17.5. The second-order valence-corrected chi connectivity index (χ2v) is 5.23. The Balaban J connectivity index is 1.60. The Kier molecular flexibility index (Phi) is 5.21. The Bertz CT molecular complexity index is 855. The molecule has 2 N–H and O–H groups in total. The zero-order valence-corrected chi connectivity index (χ0v) is 13.8. The maximum Gasteiger partial charge on any atom is 0.289 e. The molecule has 3 rings (SSSR count). The predicted octanol–water partition coefficient (Wildman–Crippen LogP) is 3.24. The first-order valence-electron chi connectivity index (χ1n) is 7.93. The molecule has 25 heavy (non-hydrogen) atoms. The van der Waals surface area contributed by atoms with E-state index >= 15 is 0 Å². The van der Waals surface area contributed by atoms with Crippen molar-refractivity contribution < 1.29 is 9.53 Å². The topological polar surface area (TPSA) is 79.4 Å². The van der Waals surface area contributed by atoms with Gasteiger partial charge in [0.05, 0.1) is 18.5 Å². The number of ether oxygens (including phenoxy) is 1. The number of carbonyl (C=O) groups excluding carboxylic acids is 1. The lowest BCUT2D eigenvalue weighted by molar-refractivity contribution is 0.0950. The average Bonchev–Trinajstić information content (AvgIpc) is 3.14. The third-order valence-corrected chi connectivity index (χ3v) is 3.46. The van der Waals surface area contributed by atoms with E-state index in [4.69, 9.17) is 4.74 Å². The maximum atomic E-state index is 12.1. The first-order chi connectivity index (χ1) is 12.3. The van der Waals surface area contributed by atoms with Gasteiger partial charge in [0.15, 0.2) is 0 Å². The fourth-order valence-electron chi connectivity index (χ4n) is 2.24. The van der Waals surface area contributed by atoms with Gasteiger partial charge in [-0.3, -0.25) is 9.89 Å². The van der Waals surface area contributed by atoms with Crippen molar-refractivity contribution in [2.75, 3.05) is 6.61 Å². The van der Waals surface area contributed by atoms with E-state index < -0.39 is 0 Å². The van der Waals surface area contributed by atoms with Gasteiger partial charge < -0.3 is 4.74 Å². The molecule has 2 aromatic carbocycles. The number of aromatic nitrogens is 2. The van der Waals surface area contributed by atoms with Crippen LogP contribution in [-0.2, 0) is 0 Å². The number of carbonyl (C=O) groups is 1. The summed E-state index contributed by atoms with van der Waals surface area (Å²) in [4.78, 5) is 12.1. The molecule has 0 spiro atoms. The molecule has 0 radical (unpaired) electrons. The number of hydrazone groups is 1. The molecular formula is C19H18N4O2. The Morgan fingerprint density at radius 2 is 1.96 bits per heavy atom. The predicted molar refractivity (Wildman–Crippen MR) is 96.7 cm³/mol. The summed E-state index contributed by atoms with van der Waals surface area (Å²) >= 11 is 0. The minimum atomic E-state index is -0.350. The molecule has 126 valence electrons. The highest BCUT2D eigenvalue weighted by molar-refractivity contribution is 5.94. The maximum absolute atomic E-state index is 12.1.